The highest BCUT2D eigenvalue weighted by molar-refractivity contribution is 6.15. The third kappa shape index (κ3) is 3.95. The minimum atomic E-state index is -0.681. The van der Waals surface area contributed by atoms with E-state index in [1.54, 1.807) is 37.3 Å². The Kier molecular flexibility index (Phi) is 5.21. The number of rotatable bonds is 5. The molecule has 0 bridgehead atoms. The summed E-state index contributed by atoms with van der Waals surface area (Å²) in [4.78, 5) is 45.9. The zero-order valence-corrected chi connectivity index (χ0v) is 18.5. The van der Waals surface area contributed by atoms with Crippen LogP contribution >= 0.6 is 0 Å². The van der Waals surface area contributed by atoms with E-state index in [9.17, 15) is 14.4 Å². The quantitative estimate of drug-likeness (QED) is 0.424. The lowest BCUT2D eigenvalue weighted by Crippen LogP contribution is -2.30. The van der Waals surface area contributed by atoms with Gasteiger partial charge in [-0.15, -0.1) is 0 Å². The van der Waals surface area contributed by atoms with Crippen molar-refractivity contribution in [1.29, 1.82) is 0 Å². The minimum Gasteiger partial charge on any atom is -0.482 e. The van der Waals surface area contributed by atoms with Crippen molar-refractivity contribution in [3.05, 3.63) is 78.0 Å². The van der Waals surface area contributed by atoms with E-state index in [1.165, 1.54) is 6.33 Å². The lowest BCUT2D eigenvalue weighted by Gasteiger charge is -2.19. The number of ether oxygens (including phenoxy) is 1. The van der Waals surface area contributed by atoms with Crippen molar-refractivity contribution in [2.24, 2.45) is 0 Å². The standard InChI is InChI=1S/C24H18N6O5/c1-12(23-27-14(3)29-35-23)26-22(32)13(2)30-11-25-21-16(5-4-6-17(21)24(30)33)15-7-8-18-19(9-15)34-10-20(31)28-18/h4-9,11H,1-2,10H2,3H3,(H,26,32)(H,28,31). The molecule has 3 heterocycles. The maximum Gasteiger partial charge on any atom is 0.273 e. The SMILES string of the molecule is C=C(NC(=O)C(=C)n1cnc2c(-c3ccc4c(c3)OCC(=O)N4)cccc2c1=O)c1nc(C)no1. The molecule has 2 N–H and O–H groups in total. The zero-order valence-electron chi connectivity index (χ0n) is 18.5. The second-order valence-electron chi connectivity index (χ2n) is 7.70. The molecule has 1 aliphatic heterocycles. The van der Waals surface area contributed by atoms with Gasteiger partial charge in [0.1, 0.15) is 17.8 Å². The van der Waals surface area contributed by atoms with Gasteiger partial charge in [0.25, 0.3) is 23.3 Å². The molecule has 0 atom stereocenters. The van der Waals surface area contributed by atoms with Crippen molar-refractivity contribution in [1.82, 2.24) is 25.0 Å². The molecule has 0 fully saturated rings. The van der Waals surface area contributed by atoms with Gasteiger partial charge in [0.05, 0.1) is 22.3 Å². The predicted octanol–water partition coefficient (Wildman–Crippen LogP) is 2.34. The fourth-order valence-electron chi connectivity index (χ4n) is 3.61. The number of hydrogen-bond acceptors (Lipinski definition) is 8. The Morgan fingerprint density at radius 3 is 2.80 bits per heavy atom. The molecular weight excluding hydrogens is 452 g/mol. The number of fused-ring (bicyclic) bond motifs is 2. The lowest BCUT2D eigenvalue weighted by molar-refractivity contribution is -0.118. The van der Waals surface area contributed by atoms with Crippen LogP contribution in [0.5, 0.6) is 5.75 Å². The molecule has 0 spiro atoms. The summed E-state index contributed by atoms with van der Waals surface area (Å²) in [6, 6.07) is 10.5. The van der Waals surface area contributed by atoms with Crippen LogP contribution in [0.3, 0.4) is 0 Å². The minimum absolute atomic E-state index is 0.0471. The summed E-state index contributed by atoms with van der Waals surface area (Å²) in [5.41, 5.74) is 1.88. The van der Waals surface area contributed by atoms with Crippen LogP contribution in [0.15, 0.2) is 65.2 Å². The van der Waals surface area contributed by atoms with Crippen molar-refractivity contribution in [3.63, 3.8) is 0 Å². The molecule has 0 unspecified atom stereocenters. The number of benzene rings is 2. The average Bonchev–Trinajstić information content (AvgIpc) is 3.29. The molecule has 0 saturated carbocycles. The zero-order chi connectivity index (χ0) is 24.7. The Balaban J connectivity index is 1.47. The number of nitrogens with one attached hydrogen (secondary N) is 2. The summed E-state index contributed by atoms with van der Waals surface area (Å²) < 4.78 is 11.5. The van der Waals surface area contributed by atoms with Crippen molar-refractivity contribution >= 4 is 39.8 Å². The van der Waals surface area contributed by atoms with Gasteiger partial charge in [-0.2, -0.15) is 4.98 Å². The Morgan fingerprint density at radius 2 is 2.03 bits per heavy atom. The van der Waals surface area contributed by atoms with Crippen LogP contribution in [0.4, 0.5) is 5.69 Å². The lowest BCUT2D eigenvalue weighted by atomic mass is 10.0. The molecule has 0 radical (unpaired) electrons. The number of carbonyl (C=O) groups is 2. The first kappa shape index (κ1) is 21.8. The van der Waals surface area contributed by atoms with Crippen molar-refractivity contribution in [2.45, 2.75) is 6.92 Å². The first-order valence-corrected chi connectivity index (χ1v) is 10.4. The number of aryl methyl sites for hydroxylation is 1. The van der Waals surface area contributed by atoms with Crippen LogP contribution in [0.2, 0.25) is 0 Å². The van der Waals surface area contributed by atoms with E-state index in [0.29, 0.717) is 28.3 Å². The van der Waals surface area contributed by atoms with Crippen LogP contribution in [-0.2, 0) is 9.59 Å². The Labute approximate surface area is 197 Å². The summed E-state index contributed by atoms with van der Waals surface area (Å²) in [7, 11) is 0. The molecule has 4 aromatic rings. The van der Waals surface area contributed by atoms with E-state index >= 15 is 0 Å². The molecule has 5 rings (SSSR count). The van der Waals surface area contributed by atoms with Crippen LogP contribution in [0, 0.1) is 6.92 Å². The fourth-order valence-corrected chi connectivity index (χ4v) is 3.61. The normalized spacial score (nSPS) is 12.4. The fraction of sp³-hybridized carbons (Fsp3) is 0.0833. The van der Waals surface area contributed by atoms with Gasteiger partial charge in [-0.05, 0) is 30.7 Å². The van der Waals surface area contributed by atoms with E-state index < -0.39 is 11.5 Å². The molecule has 0 saturated heterocycles. The second-order valence-corrected chi connectivity index (χ2v) is 7.70. The van der Waals surface area contributed by atoms with E-state index in [0.717, 1.165) is 10.1 Å². The summed E-state index contributed by atoms with van der Waals surface area (Å²) in [5.74, 6) is 0.0482. The number of nitrogens with zero attached hydrogens (tertiary/aromatic N) is 4. The van der Waals surface area contributed by atoms with Gasteiger partial charge in [0.15, 0.2) is 12.4 Å². The Morgan fingerprint density at radius 1 is 1.20 bits per heavy atom. The Bertz CT molecular complexity index is 1620. The molecule has 2 aromatic carbocycles. The van der Waals surface area contributed by atoms with Gasteiger partial charge in [-0.3, -0.25) is 19.0 Å². The van der Waals surface area contributed by atoms with E-state index in [4.69, 9.17) is 9.26 Å². The molecule has 2 aromatic heterocycles. The molecule has 1 aliphatic rings. The summed E-state index contributed by atoms with van der Waals surface area (Å²) in [5, 5.41) is 9.17. The van der Waals surface area contributed by atoms with E-state index in [2.05, 4.69) is 38.9 Å². The topological polar surface area (TPSA) is 141 Å². The third-order valence-corrected chi connectivity index (χ3v) is 5.32. The predicted molar refractivity (Wildman–Crippen MR) is 127 cm³/mol. The number of amides is 2. The van der Waals surface area contributed by atoms with Gasteiger partial charge < -0.3 is 19.9 Å². The molecule has 11 heteroatoms. The third-order valence-electron chi connectivity index (χ3n) is 5.32. The second kappa shape index (κ2) is 8.37. The smallest absolute Gasteiger partial charge is 0.273 e. The van der Waals surface area contributed by atoms with Crippen LogP contribution < -0.4 is 20.9 Å². The first-order valence-electron chi connectivity index (χ1n) is 10.4. The molecule has 35 heavy (non-hydrogen) atoms. The maximum absolute atomic E-state index is 13.2. The molecule has 0 aliphatic carbocycles. The van der Waals surface area contributed by atoms with Gasteiger partial charge in [-0.25, -0.2) is 4.98 Å². The highest BCUT2D eigenvalue weighted by Crippen LogP contribution is 2.34. The van der Waals surface area contributed by atoms with E-state index in [1.807, 2.05) is 6.07 Å². The average molecular weight is 470 g/mol. The van der Waals surface area contributed by atoms with Crippen molar-refractivity contribution in [3.8, 4) is 16.9 Å². The Hall–Kier alpha value is -5.06. The molecular formula is C24H18N6O5. The number of aromatic nitrogens is 4. The van der Waals surface area contributed by atoms with Gasteiger partial charge in [-0.1, -0.05) is 36.5 Å². The van der Waals surface area contributed by atoms with Crippen LogP contribution in [0.1, 0.15) is 11.7 Å². The summed E-state index contributed by atoms with van der Waals surface area (Å²) in [6.07, 6.45) is 1.24. The molecule has 2 amide bonds. The highest BCUT2D eigenvalue weighted by atomic mass is 16.5. The van der Waals surface area contributed by atoms with Crippen LogP contribution in [0.25, 0.3) is 33.4 Å². The monoisotopic (exact) mass is 470 g/mol. The van der Waals surface area contributed by atoms with Crippen molar-refractivity contribution in [2.75, 3.05) is 11.9 Å². The van der Waals surface area contributed by atoms with Gasteiger partial charge in [0, 0.05) is 5.56 Å². The summed E-state index contributed by atoms with van der Waals surface area (Å²) in [6.45, 7) is 8.99. The first-order chi connectivity index (χ1) is 16.8. The van der Waals surface area contributed by atoms with Gasteiger partial charge >= 0.3 is 0 Å². The van der Waals surface area contributed by atoms with Gasteiger partial charge in [0.2, 0.25) is 0 Å². The number of para-hydroxylation sites is 1. The molecule has 174 valence electrons. The maximum atomic E-state index is 13.2. The number of hydrogen-bond donors (Lipinski definition) is 2. The largest absolute Gasteiger partial charge is 0.482 e. The van der Waals surface area contributed by atoms with Crippen LogP contribution in [-0.4, -0.2) is 38.1 Å². The summed E-state index contributed by atoms with van der Waals surface area (Å²) >= 11 is 0. The highest BCUT2D eigenvalue weighted by Gasteiger charge is 2.20. The number of carbonyl (C=O) groups excluding carboxylic acids is 2. The number of anilines is 1. The van der Waals surface area contributed by atoms with E-state index in [-0.39, 0.29) is 35.2 Å². The molecule has 11 nitrogen and oxygen atoms in total. The van der Waals surface area contributed by atoms with Crippen molar-refractivity contribution < 1.29 is 18.8 Å².